The fraction of sp³-hybridized carbons (Fsp3) is 0.440. The van der Waals surface area contributed by atoms with Crippen molar-refractivity contribution in [2.24, 2.45) is 0 Å². The molecular formula is C25H32N2O3S. The van der Waals surface area contributed by atoms with Gasteiger partial charge in [0.05, 0.1) is 5.75 Å². The summed E-state index contributed by atoms with van der Waals surface area (Å²) in [6.07, 6.45) is 7.79. The molecule has 0 atom stereocenters. The molecule has 31 heavy (non-hydrogen) atoms. The third-order valence-corrected chi connectivity index (χ3v) is 7.50. The lowest BCUT2D eigenvalue weighted by molar-refractivity contribution is 0.209. The Morgan fingerprint density at radius 2 is 1.84 bits per heavy atom. The van der Waals surface area contributed by atoms with Gasteiger partial charge in [-0.25, -0.2) is 0 Å². The molecule has 1 saturated heterocycles. The summed E-state index contributed by atoms with van der Waals surface area (Å²) >= 11 is 0. The molecule has 0 saturated carbocycles. The minimum atomic E-state index is -3.51. The van der Waals surface area contributed by atoms with Crippen molar-refractivity contribution in [1.82, 2.24) is 9.88 Å². The Hall–Kier alpha value is -2.31. The highest BCUT2D eigenvalue weighted by Gasteiger charge is 2.20. The van der Waals surface area contributed by atoms with Crippen LogP contribution in [0.4, 0.5) is 0 Å². The molecule has 5 nitrogen and oxygen atoms in total. The van der Waals surface area contributed by atoms with Crippen molar-refractivity contribution in [2.45, 2.75) is 44.9 Å². The third kappa shape index (κ3) is 5.69. The number of aryl methyl sites for hydroxylation is 1. The number of hydrogen-bond donors (Lipinski definition) is 1. The van der Waals surface area contributed by atoms with Crippen LogP contribution >= 0.6 is 0 Å². The second-order valence-corrected chi connectivity index (χ2v) is 10.3. The molecule has 3 aromatic rings. The number of nitrogens with one attached hydrogen (secondary N) is 1. The van der Waals surface area contributed by atoms with Gasteiger partial charge in [0, 0.05) is 17.1 Å². The molecule has 0 bridgehead atoms. The molecule has 1 N–H and O–H groups in total. The Morgan fingerprint density at radius 3 is 2.58 bits per heavy atom. The molecule has 0 spiro atoms. The van der Waals surface area contributed by atoms with E-state index in [-0.39, 0.29) is 5.75 Å². The van der Waals surface area contributed by atoms with Crippen molar-refractivity contribution >= 4 is 21.0 Å². The number of likely N-dealkylation sites (tertiary alicyclic amines) is 1. The van der Waals surface area contributed by atoms with Crippen molar-refractivity contribution in [2.75, 3.05) is 25.4 Å². The van der Waals surface area contributed by atoms with E-state index in [9.17, 15) is 8.42 Å². The van der Waals surface area contributed by atoms with Gasteiger partial charge in [-0.2, -0.15) is 8.42 Å². The second kappa shape index (κ2) is 9.88. The van der Waals surface area contributed by atoms with Crippen LogP contribution < -0.4 is 4.18 Å². The predicted octanol–water partition coefficient (Wildman–Crippen LogP) is 5.10. The van der Waals surface area contributed by atoms with Crippen LogP contribution in [0.15, 0.2) is 54.7 Å². The summed E-state index contributed by atoms with van der Waals surface area (Å²) < 4.78 is 28.7. The van der Waals surface area contributed by atoms with Gasteiger partial charge in [0.1, 0.15) is 5.75 Å². The van der Waals surface area contributed by atoms with E-state index in [1.165, 1.54) is 43.5 Å². The van der Waals surface area contributed by atoms with Gasteiger partial charge >= 0.3 is 10.1 Å². The normalized spacial score (nSPS) is 16.0. The Kier molecular flexibility index (Phi) is 6.98. The third-order valence-electron chi connectivity index (χ3n) is 6.34. The molecule has 2 aromatic carbocycles. The first-order valence-electron chi connectivity index (χ1n) is 11.3. The van der Waals surface area contributed by atoms with Crippen LogP contribution in [-0.2, 0) is 16.5 Å². The van der Waals surface area contributed by atoms with E-state index in [0.717, 1.165) is 30.3 Å². The summed E-state index contributed by atoms with van der Waals surface area (Å²) in [5.74, 6) is 1.06. The zero-order valence-corrected chi connectivity index (χ0v) is 19.0. The number of hydrogen-bond acceptors (Lipinski definition) is 4. The number of aromatic nitrogens is 1. The highest BCUT2D eigenvalue weighted by atomic mass is 32.2. The molecule has 0 amide bonds. The lowest BCUT2D eigenvalue weighted by Crippen LogP contribution is -2.33. The molecule has 1 aromatic heterocycles. The standard InChI is InChI=1S/C25H32N2O3S/c1-2-31(28,29)30-23-11-12-25-24(18-23)22(19-26-25)10-6-7-15-27-16-13-21(14-17-27)20-8-4-3-5-9-20/h3-5,8-9,11-12,18-19,21,26H,2,6-7,10,13-17H2,1H3. The van der Waals surface area contributed by atoms with E-state index in [1.54, 1.807) is 13.0 Å². The van der Waals surface area contributed by atoms with Crippen LogP contribution in [0.1, 0.15) is 49.7 Å². The Bertz CT molecular complexity index is 1080. The lowest BCUT2D eigenvalue weighted by Gasteiger charge is -2.32. The van der Waals surface area contributed by atoms with Crippen molar-refractivity contribution in [3.8, 4) is 5.75 Å². The Morgan fingerprint density at radius 1 is 1.06 bits per heavy atom. The van der Waals surface area contributed by atoms with Crippen molar-refractivity contribution < 1.29 is 12.6 Å². The quantitative estimate of drug-likeness (QED) is 0.371. The van der Waals surface area contributed by atoms with E-state index in [2.05, 4.69) is 40.2 Å². The second-order valence-electron chi connectivity index (χ2n) is 8.43. The van der Waals surface area contributed by atoms with E-state index in [0.29, 0.717) is 11.7 Å². The zero-order valence-electron chi connectivity index (χ0n) is 18.2. The summed E-state index contributed by atoms with van der Waals surface area (Å²) in [4.78, 5) is 5.88. The maximum absolute atomic E-state index is 11.8. The Labute approximate surface area is 185 Å². The number of piperidine rings is 1. The molecule has 166 valence electrons. The SMILES string of the molecule is CCS(=O)(=O)Oc1ccc2[nH]cc(CCCCN3CCC(c4ccccc4)CC3)c2c1. The minimum Gasteiger partial charge on any atom is -0.382 e. The average molecular weight is 441 g/mol. The smallest absolute Gasteiger partial charge is 0.308 e. The first kappa shape index (κ1) is 21.9. The maximum Gasteiger partial charge on any atom is 0.308 e. The topological polar surface area (TPSA) is 62.4 Å². The lowest BCUT2D eigenvalue weighted by atomic mass is 9.89. The number of nitrogens with zero attached hydrogens (tertiary/aromatic N) is 1. The summed E-state index contributed by atoms with van der Waals surface area (Å²) in [7, 11) is -3.51. The molecule has 0 unspecified atom stereocenters. The molecule has 6 heteroatoms. The van der Waals surface area contributed by atoms with Crippen LogP contribution in [0.2, 0.25) is 0 Å². The van der Waals surface area contributed by atoms with Crippen LogP contribution in [0.5, 0.6) is 5.75 Å². The number of rotatable bonds is 9. The summed E-state index contributed by atoms with van der Waals surface area (Å²) in [6, 6.07) is 16.3. The van der Waals surface area contributed by atoms with E-state index in [4.69, 9.17) is 4.18 Å². The van der Waals surface area contributed by atoms with Crippen molar-refractivity contribution in [3.05, 3.63) is 65.9 Å². The molecular weight excluding hydrogens is 408 g/mol. The maximum atomic E-state index is 11.8. The molecule has 1 aliphatic rings. The summed E-state index contributed by atoms with van der Waals surface area (Å²) in [5, 5.41) is 1.05. The first-order valence-corrected chi connectivity index (χ1v) is 12.9. The van der Waals surface area contributed by atoms with Gasteiger partial charge in [-0.15, -0.1) is 0 Å². The fourth-order valence-electron chi connectivity index (χ4n) is 4.49. The fourth-order valence-corrected chi connectivity index (χ4v) is 5.00. The van der Waals surface area contributed by atoms with Gasteiger partial charge in [-0.3, -0.25) is 0 Å². The van der Waals surface area contributed by atoms with Crippen LogP contribution in [0.25, 0.3) is 10.9 Å². The average Bonchev–Trinajstić information content (AvgIpc) is 3.20. The van der Waals surface area contributed by atoms with Crippen molar-refractivity contribution in [1.29, 1.82) is 0 Å². The number of fused-ring (bicyclic) bond motifs is 1. The van der Waals surface area contributed by atoms with E-state index >= 15 is 0 Å². The summed E-state index contributed by atoms with van der Waals surface area (Å²) in [6.45, 7) is 5.09. The molecule has 4 rings (SSSR count). The molecule has 0 radical (unpaired) electrons. The molecule has 1 aliphatic heterocycles. The highest BCUT2D eigenvalue weighted by Crippen LogP contribution is 2.28. The van der Waals surface area contributed by atoms with Gasteiger partial charge in [0.25, 0.3) is 0 Å². The predicted molar refractivity (Wildman–Crippen MR) is 126 cm³/mol. The van der Waals surface area contributed by atoms with Crippen LogP contribution in [0.3, 0.4) is 0 Å². The van der Waals surface area contributed by atoms with Gasteiger partial charge in [0.2, 0.25) is 0 Å². The zero-order chi connectivity index (χ0) is 21.7. The molecule has 1 fully saturated rings. The van der Waals surface area contributed by atoms with E-state index < -0.39 is 10.1 Å². The Balaban J connectivity index is 1.25. The van der Waals surface area contributed by atoms with Gasteiger partial charge in [0.15, 0.2) is 0 Å². The number of aromatic amines is 1. The van der Waals surface area contributed by atoms with Gasteiger partial charge < -0.3 is 14.1 Å². The van der Waals surface area contributed by atoms with E-state index in [1.807, 2.05) is 18.3 Å². The summed E-state index contributed by atoms with van der Waals surface area (Å²) in [5.41, 5.74) is 3.72. The van der Waals surface area contributed by atoms with Gasteiger partial charge in [-0.05, 0) is 93.9 Å². The number of unbranched alkanes of at least 4 members (excludes halogenated alkanes) is 1. The molecule has 0 aliphatic carbocycles. The number of H-pyrrole nitrogens is 1. The number of benzene rings is 2. The minimum absolute atomic E-state index is 0.0341. The monoisotopic (exact) mass is 440 g/mol. The molecule has 2 heterocycles. The van der Waals surface area contributed by atoms with Crippen LogP contribution in [-0.4, -0.2) is 43.7 Å². The van der Waals surface area contributed by atoms with Crippen LogP contribution in [0, 0.1) is 0 Å². The van der Waals surface area contributed by atoms with Gasteiger partial charge in [-0.1, -0.05) is 30.3 Å². The first-order chi connectivity index (χ1) is 15.0. The van der Waals surface area contributed by atoms with Crippen molar-refractivity contribution in [3.63, 3.8) is 0 Å². The largest absolute Gasteiger partial charge is 0.382 e. The highest BCUT2D eigenvalue weighted by molar-refractivity contribution is 7.87.